The number of rotatable bonds is 6. The first-order valence-corrected chi connectivity index (χ1v) is 7.80. The van der Waals surface area contributed by atoms with Crippen molar-refractivity contribution in [1.29, 1.82) is 0 Å². The van der Waals surface area contributed by atoms with Crippen LogP contribution < -0.4 is 21.9 Å². The maximum absolute atomic E-state index is 12.3. The lowest BCUT2D eigenvalue weighted by Crippen LogP contribution is -2.45. The van der Waals surface area contributed by atoms with Crippen molar-refractivity contribution in [3.05, 3.63) is 20.8 Å². The molecule has 2 heterocycles. The van der Waals surface area contributed by atoms with Crippen LogP contribution in [-0.2, 0) is 39.8 Å². The Labute approximate surface area is 151 Å². The van der Waals surface area contributed by atoms with Crippen molar-refractivity contribution < 1.29 is 19.1 Å². The van der Waals surface area contributed by atoms with E-state index in [1.54, 1.807) is 0 Å². The van der Waals surface area contributed by atoms with Crippen LogP contribution in [0.5, 0.6) is 0 Å². The lowest BCUT2D eigenvalue weighted by Gasteiger charge is -2.12. The minimum absolute atomic E-state index is 0.0153. The van der Waals surface area contributed by atoms with Crippen LogP contribution in [0, 0.1) is 0 Å². The van der Waals surface area contributed by atoms with Crippen molar-refractivity contribution in [2.24, 2.45) is 14.1 Å². The summed E-state index contributed by atoms with van der Waals surface area (Å²) in [6.45, 7) is 0.667. The second-order valence-corrected chi connectivity index (χ2v) is 5.71. The van der Waals surface area contributed by atoms with E-state index in [-0.39, 0.29) is 24.3 Å². The smallest absolute Gasteiger partial charge is 0.332 e. The van der Waals surface area contributed by atoms with E-state index in [9.17, 15) is 24.0 Å². The zero-order chi connectivity index (χ0) is 20.3. The van der Waals surface area contributed by atoms with E-state index in [1.807, 2.05) is 0 Å². The average molecular weight is 381 g/mol. The van der Waals surface area contributed by atoms with Crippen molar-refractivity contribution in [3.63, 3.8) is 0 Å². The normalized spacial score (nSPS) is 11.9. The van der Waals surface area contributed by atoms with Gasteiger partial charge >= 0.3 is 11.7 Å². The van der Waals surface area contributed by atoms with Gasteiger partial charge in [0, 0.05) is 14.1 Å². The number of aryl methyl sites for hydroxylation is 1. The van der Waals surface area contributed by atoms with Crippen molar-refractivity contribution in [1.82, 2.24) is 34.8 Å². The molecule has 27 heavy (non-hydrogen) atoms. The lowest BCUT2D eigenvalue weighted by molar-refractivity contribution is -0.144. The van der Waals surface area contributed by atoms with Crippen LogP contribution in [-0.4, -0.2) is 61.6 Å². The van der Waals surface area contributed by atoms with Crippen molar-refractivity contribution in [3.8, 4) is 0 Å². The molecule has 0 saturated carbocycles. The highest BCUT2D eigenvalue weighted by Gasteiger charge is 2.19. The molecule has 0 bridgehead atoms. The summed E-state index contributed by atoms with van der Waals surface area (Å²) in [5.74, 6) is -1.83. The van der Waals surface area contributed by atoms with E-state index in [0.29, 0.717) is 0 Å². The van der Waals surface area contributed by atoms with Crippen LogP contribution in [0.3, 0.4) is 0 Å². The fraction of sp³-hybridized carbons (Fsp3) is 0.500. The van der Waals surface area contributed by atoms with Gasteiger partial charge in [-0.05, 0) is 6.92 Å². The third-order valence-electron chi connectivity index (χ3n) is 3.79. The fourth-order valence-electron chi connectivity index (χ4n) is 2.31. The first-order valence-electron chi connectivity index (χ1n) is 7.80. The van der Waals surface area contributed by atoms with Crippen LogP contribution in [0.1, 0.15) is 6.92 Å². The summed E-state index contributed by atoms with van der Waals surface area (Å²) >= 11 is 0. The molecular formula is C14H19N7O6. The molecule has 2 aromatic heterocycles. The molecule has 0 saturated heterocycles. The molecule has 0 aliphatic rings. The summed E-state index contributed by atoms with van der Waals surface area (Å²) in [6, 6.07) is -0.858. The molecule has 2 amide bonds. The van der Waals surface area contributed by atoms with Gasteiger partial charge in [-0.2, -0.15) is 0 Å². The Bertz CT molecular complexity index is 1020. The molecule has 2 N–H and O–H groups in total. The second kappa shape index (κ2) is 7.80. The molecule has 0 aromatic carbocycles. The first kappa shape index (κ1) is 19.8. The third-order valence-corrected chi connectivity index (χ3v) is 3.79. The monoisotopic (exact) mass is 381 g/mol. The number of methoxy groups -OCH3 is 1. The zero-order valence-electron chi connectivity index (χ0n) is 15.2. The molecular weight excluding hydrogens is 362 g/mol. The Morgan fingerprint density at radius 2 is 1.81 bits per heavy atom. The molecule has 0 aliphatic carbocycles. The summed E-state index contributed by atoms with van der Waals surface area (Å²) in [7, 11) is 3.92. The van der Waals surface area contributed by atoms with E-state index in [2.05, 4.69) is 25.7 Å². The molecule has 2 rings (SSSR count). The largest absolute Gasteiger partial charge is 0.467 e. The summed E-state index contributed by atoms with van der Waals surface area (Å²) in [5, 5.41) is 12.2. The number of hydrogen-bond donors (Lipinski definition) is 2. The van der Waals surface area contributed by atoms with Crippen molar-refractivity contribution in [2.75, 3.05) is 13.7 Å². The topological polar surface area (TPSA) is 159 Å². The van der Waals surface area contributed by atoms with Gasteiger partial charge in [0.2, 0.25) is 11.8 Å². The maximum Gasteiger partial charge on any atom is 0.332 e. The molecule has 0 aliphatic heterocycles. The van der Waals surface area contributed by atoms with Gasteiger partial charge in [0.1, 0.15) is 12.6 Å². The number of nitrogens with one attached hydrogen (secondary N) is 2. The van der Waals surface area contributed by atoms with Crippen LogP contribution in [0.4, 0.5) is 0 Å². The summed E-state index contributed by atoms with van der Waals surface area (Å²) in [4.78, 5) is 59.1. The molecule has 0 spiro atoms. The molecule has 0 unspecified atom stereocenters. The average Bonchev–Trinajstić information content (AvgIpc) is 3.05. The molecule has 13 heteroatoms. The van der Waals surface area contributed by atoms with Gasteiger partial charge in [-0.3, -0.25) is 23.5 Å². The molecule has 0 radical (unpaired) electrons. The summed E-state index contributed by atoms with van der Waals surface area (Å²) < 4.78 is 7.53. The molecule has 2 aromatic rings. The van der Waals surface area contributed by atoms with Crippen molar-refractivity contribution in [2.45, 2.75) is 19.5 Å². The van der Waals surface area contributed by atoms with Gasteiger partial charge in [-0.1, -0.05) is 5.21 Å². The van der Waals surface area contributed by atoms with Gasteiger partial charge in [-0.15, -0.1) is 5.10 Å². The second-order valence-electron chi connectivity index (χ2n) is 5.71. The minimum Gasteiger partial charge on any atom is -0.467 e. The maximum atomic E-state index is 12.3. The Morgan fingerprint density at radius 1 is 1.15 bits per heavy atom. The van der Waals surface area contributed by atoms with E-state index in [0.717, 1.165) is 13.8 Å². The minimum atomic E-state index is -0.858. The molecule has 146 valence electrons. The quantitative estimate of drug-likeness (QED) is 0.490. The number of carbonyl (C=O) groups excluding carboxylic acids is 3. The number of aromatic nitrogens is 5. The SMILES string of the molecule is COC(=O)[C@H](C)NC(=O)CNC(=O)Cn1nnc2c1c(=O)n(C)c(=O)n2C. The molecule has 13 nitrogen and oxygen atoms in total. The van der Waals surface area contributed by atoms with Crippen LogP contribution in [0.2, 0.25) is 0 Å². The van der Waals surface area contributed by atoms with Gasteiger partial charge in [0.25, 0.3) is 5.56 Å². The van der Waals surface area contributed by atoms with Crippen molar-refractivity contribution >= 4 is 28.9 Å². The standard InChI is InChI=1S/C14H19N7O6/c1-7(13(25)27-4)16-8(22)5-15-9(23)6-21-10-11(17-18-21)19(2)14(26)20(3)12(10)24/h7H,5-6H2,1-4H3,(H,15,23)(H,16,22)/t7-/m0/s1. The Hall–Kier alpha value is -3.51. The number of hydrogen-bond acceptors (Lipinski definition) is 8. The van der Waals surface area contributed by atoms with E-state index in [1.165, 1.54) is 28.1 Å². The highest BCUT2D eigenvalue weighted by atomic mass is 16.5. The number of nitrogens with zero attached hydrogens (tertiary/aromatic N) is 5. The first-order chi connectivity index (χ1) is 12.7. The lowest BCUT2D eigenvalue weighted by atomic mass is 10.3. The van der Waals surface area contributed by atoms with Crippen LogP contribution >= 0.6 is 0 Å². The Balaban J connectivity index is 2.07. The molecule has 1 atom stereocenters. The number of fused-ring (bicyclic) bond motifs is 1. The van der Waals surface area contributed by atoms with E-state index < -0.39 is 35.1 Å². The van der Waals surface area contributed by atoms with E-state index in [4.69, 9.17) is 0 Å². The number of amides is 2. The fourth-order valence-corrected chi connectivity index (χ4v) is 2.31. The molecule has 0 fully saturated rings. The summed E-state index contributed by atoms with van der Waals surface area (Å²) in [6.07, 6.45) is 0. The van der Waals surface area contributed by atoms with Gasteiger partial charge in [-0.25, -0.2) is 14.3 Å². The predicted molar refractivity (Wildman–Crippen MR) is 90.6 cm³/mol. The zero-order valence-corrected chi connectivity index (χ0v) is 15.2. The van der Waals surface area contributed by atoms with Crippen LogP contribution in [0.25, 0.3) is 11.2 Å². The third kappa shape index (κ3) is 4.02. The number of esters is 1. The predicted octanol–water partition coefficient (Wildman–Crippen LogP) is -3.38. The van der Waals surface area contributed by atoms with E-state index >= 15 is 0 Å². The van der Waals surface area contributed by atoms with Gasteiger partial charge in [0.05, 0.1) is 13.7 Å². The number of ether oxygens (including phenoxy) is 1. The summed E-state index contributed by atoms with van der Waals surface area (Å²) in [5.41, 5.74) is -1.19. The highest BCUT2D eigenvalue weighted by molar-refractivity contribution is 5.88. The van der Waals surface area contributed by atoms with Gasteiger partial charge in [0.15, 0.2) is 11.2 Å². The Kier molecular flexibility index (Phi) is 5.72. The highest BCUT2D eigenvalue weighted by Crippen LogP contribution is 2.02. The Morgan fingerprint density at radius 3 is 2.44 bits per heavy atom. The number of carbonyl (C=O) groups is 3. The van der Waals surface area contributed by atoms with Gasteiger partial charge < -0.3 is 15.4 Å². The van der Waals surface area contributed by atoms with Crippen LogP contribution in [0.15, 0.2) is 9.59 Å².